The minimum atomic E-state index is -0.0683. The molecule has 1 aromatic heterocycles. The first-order valence-electron chi connectivity index (χ1n) is 7.99. The summed E-state index contributed by atoms with van der Waals surface area (Å²) in [6.07, 6.45) is 0.138. The molecule has 0 aliphatic rings. The summed E-state index contributed by atoms with van der Waals surface area (Å²) < 4.78 is 15.7. The molecular formula is C19H20N2O4. The number of rotatable bonds is 7. The van der Waals surface area contributed by atoms with Crippen LogP contribution < -0.4 is 9.64 Å². The molecule has 25 heavy (non-hydrogen) atoms. The van der Waals surface area contributed by atoms with Gasteiger partial charge in [0.1, 0.15) is 11.4 Å². The first kappa shape index (κ1) is 17.0. The van der Waals surface area contributed by atoms with E-state index in [2.05, 4.69) is 5.16 Å². The van der Waals surface area contributed by atoms with Gasteiger partial charge < -0.3 is 18.9 Å². The lowest BCUT2D eigenvalue weighted by Crippen LogP contribution is -2.35. The van der Waals surface area contributed by atoms with Crippen LogP contribution in [0.3, 0.4) is 0 Å². The Bertz CT molecular complexity index is 845. The highest BCUT2D eigenvalue weighted by Gasteiger charge is 2.19. The summed E-state index contributed by atoms with van der Waals surface area (Å²) in [4.78, 5) is 14.6. The van der Waals surface area contributed by atoms with Crippen molar-refractivity contribution in [3.8, 4) is 5.75 Å². The number of fused-ring (bicyclic) bond motifs is 1. The molecule has 0 fully saturated rings. The van der Waals surface area contributed by atoms with Crippen molar-refractivity contribution in [2.24, 2.45) is 0 Å². The number of amides is 1. The summed E-state index contributed by atoms with van der Waals surface area (Å²) in [6, 6.07) is 14.9. The van der Waals surface area contributed by atoms with Gasteiger partial charge in [-0.1, -0.05) is 23.4 Å². The average molecular weight is 340 g/mol. The molecular weight excluding hydrogens is 320 g/mol. The number of aromatic nitrogens is 1. The molecule has 130 valence electrons. The molecule has 0 saturated heterocycles. The zero-order chi connectivity index (χ0) is 17.6. The first-order chi connectivity index (χ1) is 12.2. The maximum atomic E-state index is 12.9. The van der Waals surface area contributed by atoms with Gasteiger partial charge in [0.15, 0.2) is 5.58 Å². The topological polar surface area (TPSA) is 64.8 Å². The van der Waals surface area contributed by atoms with Crippen molar-refractivity contribution in [1.29, 1.82) is 0 Å². The number of hydrogen-bond donors (Lipinski definition) is 0. The van der Waals surface area contributed by atoms with Crippen molar-refractivity contribution in [2.45, 2.75) is 6.42 Å². The molecule has 0 radical (unpaired) electrons. The Labute approximate surface area is 145 Å². The van der Waals surface area contributed by atoms with Crippen LogP contribution in [-0.4, -0.2) is 38.4 Å². The van der Waals surface area contributed by atoms with E-state index in [-0.39, 0.29) is 12.3 Å². The van der Waals surface area contributed by atoms with Crippen LogP contribution in [0.25, 0.3) is 11.0 Å². The summed E-state index contributed by atoms with van der Waals surface area (Å²) in [5, 5.41) is 4.84. The molecule has 0 unspecified atom stereocenters. The van der Waals surface area contributed by atoms with E-state index in [4.69, 9.17) is 14.0 Å². The summed E-state index contributed by atoms with van der Waals surface area (Å²) in [5.74, 6) is 0.630. The maximum absolute atomic E-state index is 12.9. The molecule has 3 rings (SSSR count). The van der Waals surface area contributed by atoms with Crippen molar-refractivity contribution >= 4 is 22.6 Å². The van der Waals surface area contributed by atoms with Gasteiger partial charge in [-0.05, 0) is 30.3 Å². The lowest BCUT2D eigenvalue weighted by Gasteiger charge is -2.22. The van der Waals surface area contributed by atoms with Gasteiger partial charge in [-0.15, -0.1) is 0 Å². The van der Waals surface area contributed by atoms with Crippen LogP contribution in [0.1, 0.15) is 5.69 Å². The second-order valence-electron chi connectivity index (χ2n) is 5.54. The molecule has 1 heterocycles. The van der Waals surface area contributed by atoms with Crippen LogP contribution in [0.4, 0.5) is 5.69 Å². The number of carbonyl (C=O) groups excluding carboxylic acids is 1. The SMILES string of the molecule is COCCN(C(=O)Cc1noc2ccc(OC)cc12)c1ccccc1. The average Bonchev–Trinajstić information content (AvgIpc) is 3.05. The zero-order valence-electron chi connectivity index (χ0n) is 14.3. The molecule has 0 aliphatic carbocycles. The van der Waals surface area contributed by atoms with Crippen molar-refractivity contribution < 1.29 is 18.8 Å². The normalized spacial score (nSPS) is 10.8. The molecule has 0 spiro atoms. The van der Waals surface area contributed by atoms with Crippen molar-refractivity contribution in [1.82, 2.24) is 5.16 Å². The van der Waals surface area contributed by atoms with Crippen LogP contribution in [0.5, 0.6) is 5.75 Å². The molecule has 0 bridgehead atoms. The summed E-state index contributed by atoms with van der Waals surface area (Å²) >= 11 is 0. The van der Waals surface area contributed by atoms with Gasteiger partial charge in [0.2, 0.25) is 5.91 Å². The Morgan fingerprint density at radius 1 is 1.16 bits per heavy atom. The van der Waals surface area contributed by atoms with E-state index >= 15 is 0 Å². The molecule has 6 nitrogen and oxygen atoms in total. The van der Waals surface area contributed by atoms with E-state index in [1.54, 1.807) is 31.3 Å². The molecule has 3 aromatic rings. The highest BCUT2D eigenvalue weighted by atomic mass is 16.5. The zero-order valence-corrected chi connectivity index (χ0v) is 14.3. The number of anilines is 1. The summed E-state index contributed by atoms with van der Waals surface area (Å²) in [6.45, 7) is 0.923. The minimum absolute atomic E-state index is 0.0683. The fourth-order valence-corrected chi connectivity index (χ4v) is 2.65. The molecule has 0 saturated carbocycles. The number of nitrogens with zero attached hydrogens (tertiary/aromatic N) is 2. The second-order valence-corrected chi connectivity index (χ2v) is 5.54. The highest BCUT2D eigenvalue weighted by Crippen LogP contribution is 2.25. The van der Waals surface area contributed by atoms with E-state index < -0.39 is 0 Å². The molecule has 0 N–H and O–H groups in total. The van der Waals surface area contributed by atoms with Gasteiger partial charge >= 0.3 is 0 Å². The van der Waals surface area contributed by atoms with Crippen LogP contribution in [-0.2, 0) is 16.0 Å². The molecule has 6 heteroatoms. The molecule has 0 atom stereocenters. The number of para-hydroxylation sites is 1. The quantitative estimate of drug-likeness (QED) is 0.661. The third-order valence-corrected chi connectivity index (χ3v) is 3.96. The van der Waals surface area contributed by atoms with Gasteiger partial charge in [0.05, 0.1) is 20.1 Å². The monoisotopic (exact) mass is 340 g/mol. The van der Waals surface area contributed by atoms with Crippen molar-refractivity contribution in [3.63, 3.8) is 0 Å². The third-order valence-electron chi connectivity index (χ3n) is 3.96. The lowest BCUT2D eigenvalue weighted by molar-refractivity contribution is -0.118. The maximum Gasteiger partial charge on any atom is 0.233 e. The highest BCUT2D eigenvalue weighted by molar-refractivity contribution is 5.96. The standard InChI is InChI=1S/C19H20N2O4/c1-23-11-10-21(14-6-4-3-5-7-14)19(22)13-17-16-12-15(24-2)8-9-18(16)25-20-17/h3-9,12H,10-11,13H2,1-2H3. The Hall–Kier alpha value is -2.86. The number of benzene rings is 2. The number of methoxy groups -OCH3 is 2. The van der Waals surface area contributed by atoms with E-state index in [0.717, 1.165) is 11.1 Å². The molecule has 0 aliphatic heterocycles. The van der Waals surface area contributed by atoms with E-state index in [1.165, 1.54) is 0 Å². The Morgan fingerprint density at radius 2 is 1.96 bits per heavy atom. The fourth-order valence-electron chi connectivity index (χ4n) is 2.65. The smallest absolute Gasteiger partial charge is 0.233 e. The number of carbonyl (C=O) groups is 1. The van der Waals surface area contributed by atoms with E-state index in [9.17, 15) is 4.79 Å². The predicted octanol–water partition coefficient (Wildman–Crippen LogP) is 3.06. The van der Waals surface area contributed by atoms with E-state index in [0.29, 0.717) is 30.2 Å². The Kier molecular flexibility index (Phi) is 5.30. The summed E-state index contributed by atoms with van der Waals surface area (Å²) in [5.41, 5.74) is 2.05. The van der Waals surface area contributed by atoms with Gasteiger partial charge in [0.25, 0.3) is 0 Å². The Morgan fingerprint density at radius 3 is 2.68 bits per heavy atom. The van der Waals surface area contributed by atoms with Crippen molar-refractivity contribution in [3.05, 3.63) is 54.2 Å². The first-order valence-corrected chi connectivity index (χ1v) is 7.99. The van der Waals surface area contributed by atoms with E-state index in [1.807, 2.05) is 36.4 Å². The van der Waals surface area contributed by atoms with Crippen LogP contribution in [0.15, 0.2) is 53.1 Å². The molecule has 1 amide bonds. The van der Waals surface area contributed by atoms with Gasteiger partial charge in [0, 0.05) is 24.7 Å². The van der Waals surface area contributed by atoms with Gasteiger partial charge in [-0.25, -0.2) is 0 Å². The van der Waals surface area contributed by atoms with Crippen molar-refractivity contribution in [2.75, 3.05) is 32.3 Å². The fraction of sp³-hybridized carbons (Fsp3) is 0.263. The Balaban J connectivity index is 1.86. The predicted molar refractivity (Wildman–Crippen MR) is 94.9 cm³/mol. The third kappa shape index (κ3) is 3.80. The minimum Gasteiger partial charge on any atom is -0.497 e. The summed E-state index contributed by atoms with van der Waals surface area (Å²) in [7, 11) is 3.21. The van der Waals surface area contributed by atoms with Crippen LogP contribution in [0, 0.1) is 0 Å². The second kappa shape index (κ2) is 7.81. The number of hydrogen-bond acceptors (Lipinski definition) is 5. The van der Waals surface area contributed by atoms with Crippen LogP contribution >= 0.6 is 0 Å². The lowest BCUT2D eigenvalue weighted by atomic mass is 10.1. The number of ether oxygens (including phenoxy) is 2. The van der Waals surface area contributed by atoms with Crippen LogP contribution in [0.2, 0.25) is 0 Å². The largest absolute Gasteiger partial charge is 0.497 e. The van der Waals surface area contributed by atoms with Gasteiger partial charge in [-0.2, -0.15) is 0 Å². The van der Waals surface area contributed by atoms with Gasteiger partial charge in [-0.3, -0.25) is 4.79 Å². The molecule has 2 aromatic carbocycles.